The van der Waals surface area contributed by atoms with Gasteiger partial charge in [0.05, 0.1) is 22.7 Å². The second kappa shape index (κ2) is 7.06. The predicted octanol–water partition coefficient (Wildman–Crippen LogP) is 5.62. The Morgan fingerprint density at radius 1 is 1.00 bits per heavy atom. The first-order chi connectivity index (χ1) is 13.0. The first kappa shape index (κ1) is 17.6. The van der Waals surface area contributed by atoms with Gasteiger partial charge in [0.1, 0.15) is 0 Å². The molecule has 0 bridgehead atoms. The maximum atomic E-state index is 13.2. The summed E-state index contributed by atoms with van der Waals surface area (Å²) in [5, 5.41) is 11.4. The first-order valence-corrected chi connectivity index (χ1v) is 9.35. The number of benzene rings is 3. The van der Waals surface area contributed by atoms with Crippen molar-refractivity contribution >= 4 is 46.3 Å². The molecule has 0 fully saturated rings. The van der Waals surface area contributed by atoms with Gasteiger partial charge in [0.25, 0.3) is 5.69 Å². The van der Waals surface area contributed by atoms with Crippen LogP contribution in [0.15, 0.2) is 76.5 Å². The van der Waals surface area contributed by atoms with Gasteiger partial charge in [-0.1, -0.05) is 47.6 Å². The lowest BCUT2D eigenvalue weighted by molar-refractivity contribution is -0.384. The molecular formula is C20H13ClN2O3S. The molecule has 4 rings (SSSR count). The highest BCUT2D eigenvalue weighted by atomic mass is 35.5. The Morgan fingerprint density at radius 3 is 2.44 bits per heavy atom. The largest absolute Gasteiger partial charge is 0.278 e. The van der Waals surface area contributed by atoms with Crippen LogP contribution in [0.4, 0.5) is 17.1 Å². The van der Waals surface area contributed by atoms with Gasteiger partial charge in [-0.2, -0.15) is 0 Å². The van der Waals surface area contributed by atoms with Crippen molar-refractivity contribution in [2.24, 2.45) is 0 Å². The van der Waals surface area contributed by atoms with Crippen molar-refractivity contribution in [3.8, 4) is 0 Å². The van der Waals surface area contributed by atoms with Gasteiger partial charge in [-0.15, -0.1) is 0 Å². The normalized spacial score (nSPS) is 12.3. The van der Waals surface area contributed by atoms with Crippen molar-refractivity contribution in [3.05, 3.63) is 87.4 Å². The fourth-order valence-corrected chi connectivity index (χ4v) is 4.19. The fourth-order valence-electron chi connectivity index (χ4n) is 2.99. The Balaban J connectivity index is 1.71. The molecule has 3 aromatic rings. The number of amides is 1. The highest BCUT2D eigenvalue weighted by molar-refractivity contribution is 7.99. The lowest BCUT2D eigenvalue weighted by Crippen LogP contribution is -2.29. The standard InChI is InChI=1S/C20H13ClN2O3S/c21-14-7-10-19-17(12-14)22(16-3-1-2-4-18(16)27-19)20(24)11-13-5-8-15(9-6-13)23(25)26/h1-10,12H,11H2. The zero-order valence-electron chi connectivity index (χ0n) is 14.0. The van der Waals surface area contributed by atoms with Gasteiger partial charge >= 0.3 is 0 Å². The number of non-ortho nitro benzene ring substituents is 1. The van der Waals surface area contributed by atoms with Crippen molar-refractivity contribution < 1.29 is 9.72 Å². The number of anilines is 2. The number of nitro groups is 1. The number of hydrogen-bond donors (Lipinski definition) is 0. The summed E-state index contributed by atoms with van der Waals surface area (Å²) in [5.41, 5.74) is 2.27. The highest BCUT2D eigenvalue weighted by Crippen LogP contribution is 2.48. The monoisotopic (exact) mass is 396 g/mol. The summed E-state index contributed by atoms with van der Waals surface area (Å²) in [4.78, 5) is 27.1. The maximum Gasteiger partial charge on any atom is 0.269 e. The lowest BCUT2D eigenvalue weighted by Gasteiger charge is -2.31. The van der Waals surface area contributed by atoms with E-state index in [4.69, 9.17) is 11.6 Å². The molecule has 0 aliphatic carbocycles. The third kappa shape index (κ3) is 3.41. The van der Waals surface area contributed by atoms with E-state index in [0.29, 0.717) is 10.6 Å². The van der Waals surface area contributed by atoms with Crippen LogP contribution in [-0.2, 0) is 11.2 Å². The predicted molar refractivity (Wildman–Crippen MR) is 106 cm³/mol. The van der Waals surface area contributed by atoms with E-state index in [9.17, 15) is 14.9 Å². The van der Waals surface area contributed by atoms with E-state index >= 15 is 0 Å². The molecule has 7 heteroatoms. The fraction of sp³-hybridized carbons (Fsp3) is 0.0500. The van der Waals surface area contributed by atoms with E-state index in [1.165, 1.54) is 12.1 Å². The molecule has 1 amide bonds. The molecule has 0 unspecified atom stereocenters. The molecule has 1 aliphatic heterocycles. The summed E-state index contributed by atoms with van der Waals surface area (Å²) in [6.45, 7) is 0. The van der Waals surface area contributed by atoms with Crippen LogP contribution in [0.2, 0.25) is 5.02 Å². The molecule has 134 valence electrons. The molecular weight excluding hydrogens is 384 g/mol. The maximum absolute atomic E-state index is 13.2. The van der Waals surface area contributed by atoms with Crippen LogP contribution in [0.1, 0.15) is 5.56 Å². The zero-order chi connectivity index (χ0) is 19.0. The third-order valence-electron chi connectivity index (χ3n) is 4.24. The topological polar surface area (TPSA) is 63.4 Å². The number of carbonyl (C=O) groups is 1. The molecule has 5 nitrogen and oxygen atoms in total. The van der Waals surface area contributed by atoms with E-state index in [1.54, 1.807) is 40.9 Å². The smallest absolute Gasteiger partial charge is 0.269 e. The molecule has 0 aromatic heterocycles. The molecule has 0 N–H and O–H groups in total. The van der Waals surface area contributed by atoms with Gasteiger partial charge < -0.3 is 0 Å². The van der Waals surface area contributed by atoms with Crippen molar-refractivity contribution in [1.29, 1.82) is 0 Å². The molecule has 3 aromatic carbocycles. The number of carbonyl (C=O) groups excluding carboxylic acids is 1. The van der Waals surface area contributed by atoms with Crippen molar-refractivity contribution in [2.75, 3.05) is 4.90 Å². The van der Waals surface area contributed by atoms with Crippen LogP contribution in [0.25, 0.3) is 0 Å². The van der Waals surface area contributed by atoms with Gasteiger partial charge in [-0.25, -0.2) is 0 Å². The average Bonchev–Trinajstić information content (AvgIpc) is 2.66. The van der Waals surface area contributed by atoms with Gasteiger partial charge in [0, 0.05) is 26.9 Å². The van der Waals surface area contributed by atoms with Gasteiger partial charge in [-0.05, 0) is 35.9 Å². The summed E-state index contributed by atoms with van der Waals surface area (Å²) in [6, 6.07) is 19.2. The Labute approximate surface area is 164 Å². The molecule has 1 aliphatic rings. The Morgan fingerprint density at radius 2 is 1.70 bits per heavy atom. The Bertz CT molecular complexity index is 1050. The highest BCUT2D eigenvalue weighted by Gasteiger charge is 2.28. The van der Waals surface area contributed by atoms with E-state index in [0.717, 1.165) is 21.2 Å². The number of para-hydroxylation sites is 1. The minimum absolute atomic E-state index is 0.00282. The summed E-state index contributed by atoms with van der Waals surface area (Å²) in [5.74, 6) is -0.125. The van der Waals surface area contributed by atoms with E-state index in [-0.39, 0.29) is 18.0 Å². The molecule has 0 spiro atoms. The molecule has 0 atom stereocenters. The molecule has 0 radical (unpaired) electrons. The van der Waals surface area contributed by atoms with Crippen molar-refractivity contribution in [3.63, 3.8) is 0 Å². The third-order valence-corrected chi connectivity index (χ3v) is 5.61. The molecule has 0 saturated heterocycles. The number of nitrogens with zero attached hydrogens (tertiary/aromatic N) is 2. The first-order valence-electron chi connectivity index (χ1n) is 8.15. The van der Waals surface area contributed by atoms with Gasteiger partial charge in [-0.3, -0.25) is 19.8 Å². The van der Waals surface area contributed by atoms with Crippen molar-refractivity contribution in [1.82, 2.24) is 0 Å². The summed E-state index contributed by atoms with van der Waals surface area (Å²) in [7, 11) is 0. The molecule has 1 heterocycles. The number of hydrogen-bond acceptors (Lipinski definition) is 4. The number of fused-ring (bicyclic) bond motifs is 2. The average molecular weight is 397 g/mol. The van der Waals surface area contributed by atoms with E-state index < -0.39 is 4.92 Å². The van der Waals surface area contributed by atoms with E-state index in [1.807, 2.05) is 30.3 Å². The number of rotatable bonds is 3. The number of nitro benzene ring substituents is 1. The SMILES string of the molecule is O=C(Cc1ccc([N+](=O)[O-])cc1)N1c2ccccc2Sc2ccc(Cl)cc21. The van der Waals surface area contributed by atoms with Crippen LogP contribution in [0.5, 0.6) is 0 Å². The summed E-state index contributed by atoms with van der Waals surface area (Å²) < 4.78 is 0. The van der Waals surface area contributed by atoms with Gasteiger partial charge in [0.15, 0.2) is 0 Å². The Hall–Kier alpha value is -2.83. The second-order valence-electron chi connectivity index (χ2n) is 6.01. The molecule has 0 saturated carbocycles. The minimum Gasteiger partial charge on any atom is -0.278 e. The van der Waals surface area contributed by atoms with E-state index in [2.05, 4.69) is 0 Å². The molecule has 27 heavy (non-hydrogen) atoms. The minimum atomic E-state index is -0.456. The number of halogens is 1. The Kier molecular flexibility index (Phi) is 4.59. The van der Waals surface area contributed by atoms with Crippen LogP contribution in [-0.4, -0.2) is 10.8 Å². The zero-order valence-corrected chi connectivity index (χ0v) is 15.5. The van der Waals surface area contributed by atoms with Crippen LogP contribution >= 0.6 is 23.4 Å². The van der Waals surface area contributed by atoms with Crippen LogP contribution < -0.4 is 4.90 Å². The van der Waals surface area contributed by atoms with Gasteiger partial charge in [0.2, 0.25) is 5.91 Å². The van der Waals surface area contributed by atoms with Crippen LogP contribution in [0, 0.1) is 10.1 Å². The lowest BCUT2D eigenvalue weighted by atomic mass is 10.1. The second-order valence-corrected chi connectivity index (χ2v) is 7.53. The summed E-state index contributed by atoms with van der Waals surface area (Å²) >= 11 is 7.77. The summed E-state index contributed by atoms with van der Waals surface area (Å²) in [6.07, 6.45) is 0.128. The van der Waals surface area contributed by atoms with Crippen LogP contribution in [0.3, 0.4) is 0 Å². The van der Waals surface area contributed by atoms with Crippen molar-refractivity contribution in [2.45, 2.75) is 16.2 Å². The quantitative estimate of drug-likeness (QED) is 0.425.